The van der Waals surface area contributed by atoms with Gasteiger partial charge >= 0.3 is 6.18 Å². The zero-order valence-corrected chi connectivity index (χ0v) is 13.7. The first-order chi connectivity index (χ1) is 11.9. The van der Waals surface area contributed by atoms with E-state index in [1.165, 1.54) is 6.07 Å². The van der Waals surface area contributed by atoms with Crippen LogP contribution >= 0.6 is 11.6 Å². The molecule has 0 saturated heterocycles. The minimum Gasteiger partial charge on any atom is -0.377 e. The van der Waals surface area contributed by atoms with Crippen molar-refractivity contribution in [3.63, 3.8) is 0 Å². The summed E-state index contributed by atoms with van der Waals surface area (Å²) in [6, 6.07) is 9.04. The van der Waals surface area contributed by atoms with Crippen LogP contribution in [0.1, 0.15) is 45.4 Å². The molecule has 7 heteroatoms. The SMILES string of the molecule is O=C1NCCC2c3c(cccc31)NC2c1ccc(Cl)c(C(F)(F)F)c1. The number of rotatable bonds is 1. The van der Waals surface area contributed by atoms with Crippen LogP contribution in [0.3, 0.4) is 0 Å². The number of hydrogen-bond donors (Lipinski definition) is 2. The van der Waals surface area contributed by atoms with Crippen LogP contribution < -0.4 is 10.6 Å². The molecule has 1 amide bonds. The van der Waals surface area contributed by atoms with Gasteiger partial charge in [0, 0.05) is 23.7 Å². The van der Waals surface area contributed by atoms with E-state index in [0.717, 1.165) is 17.3 Å². The minimum absolute atomic E-state index is 0.0765. The second kappa shape index (κ2) is 5.66. The van der Waals surface area contributed by atoms with Gasteiger partial charge in [-0.1, -0.05) is 23.7 Å². The van der Waals surface area contributed by atoms with Crippen LogP contribution in [0.2, 0.25) is 5.02 Å². The Bertz CT molecular complexity index is 866. The molecule has 2 N–H and O–H groups in total. The summed E-state index contributed by atoms with van der Waals surface area (Å²) in [5.41, 5.74) is 1.93. The highest BCUT2D eigenvalue weighted by atomic mass is 35.5. The van der Waals surface area contributed by atoms with E-state index in [4.69, 9.17) is 11.6 Å². The van der Waals surface area contributed by atoms with E-state index in [2.05, 4.69) is 10.6 Å². The highest BCUT2D eigenvalue weighted by Crippen LogP contribution is 2.49. The number of carbonyl (C=O) groups excluding carboxylic acids is 1. The third kappa shape index (κ3) is 2.65. The van der Waals surface area contributed by atoms with Gasteiger partial charge in [0.05, 0.1) is 16.6 Å². The van der Waals surface area contributed by atoms with Crippen molar-refractivity contribution in [1.29, 1.82) is 0 Å². The van der Waals surface area contributed by atoms with E-state index in [1.54, 1.807) is 18.2 Å². The summed E-state index contributed by atoms with van der Waals surface area (Å²) < 4.78 is 39.6. The average molecular weight is 367 g/mol. The first-order valence-electron chi connectivity index (χ1n) is 7.90. The zero-order chi connectivity index (χ0) is 17.8. The smallest absolute Gasteiger partial charge is 0.377 e. The van der Waals surface area contributed by atoms with E-state index in [-0.39, 0.29) is 22.9 Å². The standard InChI is InChI=1S/C18H14ClF3N2O/c19-13-5-4-9(8-12(13)18(20,21)22)16-10-6-7-23-17(25)11-2-1-3-14(24-16)15(10)11/h1-5,8,10,16,24H,6-7H2,(H,23,25). The molecule has 0 bridgehead atoms. The number of benzene rings is 2. The third-order valence-electron chi connectivity index (χ3n) is 4.83. The molecule has 2 atom stereocenters. The number of halogens is 4. The molecule has 2 aromatic carbocycles. The number of anilines is 1. The van der Waals surface area contributed by atoms with Crippen molar-refractivity contribution in [3.8, 4) is 0 Å². The van der Waals surface area contributed by atoms with Crippen molar-refractivity contribution in [1.82, 2.24) is 5.32 Å². The lowest BCUT2D eigenvalue weighted by atomic mass is 9.86. The first kappa shape index (κ1) is 16.3. The number of amides is 1. The Morgan fingerprint density at radius 3 is 2.72 bits per heavy atom. The van der Waals surface area contributed by atoms with Gasteiger partial charge in [-0.15, -0.1) is 0 Å². The maximum absolute atomic E-state index is 13.2. The van der Waals surface area contributed by atoms with E-state index >= 15 is 0 Å². The van der Waals surface area contributed by atoms with Gasteiger partial charge in [-0.3, -0.25) is 4.79 Å². The molecule has 0 spiro atoms. The van der Waals surface area contributed by atoms with Crippen LogP contribution in [0.4, 0.5) is 18.9 Å². The molecule has 0 saturated carbocycles. The predicted octanol–water partition coefficient (Wildman–Crippen LogP) is 4.74. The van der Waals surface area contributed by atoms with Gasteiger partial charge < -0.3 is 10.6 Å². The lowest BCUT2D eigenvalue weighted by Crippen LogP contribution is -2.23. The highest BCUT2D eigenvalue weighted by Gasteiger charge is 2.39. The van der Waals surface area contributed by atoms with Crippen molar-refractivity contribution in [2.75, 3.05) is 11.9 Å². The summed E-state index contributed by atoms with van der Waals surface area (Å²) in [4.78, 5) is 12.2. The maximum atomic E-state index is 13.2. The van der Waals surface area contributed by atoms with Crippen LogP contribution in [0.15, 0.2) is 36.4 Å². The quantitative estimate of drug-likeness (QED) is 0.765. The first-order valence-corrected chi connectivity index (χ1v) is 8.28. The summed E-state index contributed by atoms with van der Waals surface area (Å²) in [5.74, 6) is -0.221. The Morgan fingerprint density at radius 1 is 1.16 bits per heavy atom. The van der Waals surface area contributed by atoms with Crippen LogP contribution in [0.25, 0.3) is 0 Å². The molecule has 2 heterocycles. The molecule has 4 rings (SSSR count). The van der Waals surface area contributed by atoms with Gasteiger partial charge in [0.25, 0.3) is 5.91 Å². The van der Waals surface area contributed by atoms with Crippen LogP contribution in [-0.4, -0.2) is 12.5 Å². The van der Waals surface area contributed by atoms with Crippen molar-refractivity contribution in [3.05, 3.63) is 63.7 Å². The molecule has 0 fully saturated rings. The minimum atomic E-state index is -4.51. The molecule has 2 aliphatic heterocycles. The molecule has 2 aliphatic rings. The zero-order valence-electron chi connectivity index (χ0n) is 13.0. The normalized spacial score (nSPS) is 22.0. The van der Waals surface area contributed by atoms with Gasteiger partial charge in [0.2, 0.25) is 0 Å². The average Bonchev–Trinajstić information content (AvgIpc) is 2.83. The molecule has 25 heavy (non-hydrogen) atoms. The monoisotopic (exact) mass is 366 g/mol. The molecule has 2 aromatic rings. The summed E-state index contributed by atoms with van der Waals surface area (Å²) in [7, 11) is 0. The van der Waals surface area contributed by atoms with Crippen molar-refractivity contribution in [2.45, 2.75) is 24.6 Å². The Kier molecular flexibility index (Phi) is 3.68. The van der Waals surface area contributed by atoms with E-state index < -0.39 is 11.7 Å². The number of hydrogen-bond acceptors (Lipinski definition) is 2. The molecule has 3 nitrogen and oxygen atoms in total. The van der Waals surface area contributed by atoms with Crippen LogP contribution in [-0.2, 0) is 6.18 Å². The van der Waals surface area contributed by atoms with Gasteiger partial charge in [-0.2, -0.15) is 13.2 Å². The van der Waals surface area contributed by atoms with Gasteiger partial charge in [0.1, 0.15) is 0 Å². The van der Waals surface area contributed by atoms with E-state index in [1.807, 2.05) is 6.07 Å². The van der Waals surface area contributed by atoms with E-state index in [9.17, 15) is 18.0 Å². The number of carbonyl (C=O) groups is 1. The fourth-order valence-electron chi connectivity index (χ4n) is 3.74. The van der Waals surface area contributed by atoms with Gasteiger partial charge in [-0.25, -0.2) is 0 Å². The Balaban J connectivity index is 1.80. The lowest BCUT2D eigenvalue weighted by molar-refractivity contribution is -0.137. The molecule has 2 unspecified atom stereocenters. The molecule has 0 aromatic heterocycles. The Morgan fingerprint density at radius 2 is 1.96 bits per heavy atom. The second-order valence-corrected chi connectivity index (χ2v) is 6.68. The summed E-state index contributed by atoms with van der Waals surface area (Å²) in [6.07, 6.45) is -3.86. The Labute approximate surface area is 147 Å². The molecule has 130 valence electrons. The van der Waals surface area contributed by atoms with Crippen LogP contribution in [0.5, 0.6) is 0 Å². The van der Waals surface area contributed by atoms with E-state index in [0.29, 0.717) is 24.1 Å². The third-order valence-corrected chi connectivity index (χ3v) is 5.16. The van der Waals surface area contributed by atoms with Gasteiger partial charge in [-0.05, 0) is 41.8 Å². The summed E-state index contributed by atoms with van der Waals surface area (Å²) >= 11 is 5.73. The molecular formula is C18H14ClF3N2O. The largest absolute Gasteiger partial charge is 0.417 e. The predicted molar refractivity (Wildman–Crippen MR) is 89.0 cm³/mol. The number of nitrogens with one attached hydrogen (secondary N) is 2. The highest BCUT2D eigenvalue weighted by molar-refractivity contribution is 6.31. The summed E-state index contributed by atoms with van der Waals surface area (Å²) in [6.45, 7) is 0.482. The van der Waals surface area contributed by atoms with Gasteiger partial charge in [0.15, 0.2) is 0 Å². The van der Waals surface area contributed by atoms with Crippen molar-refractivity contribution < 1.29 is 18.0 Å². The second-order valence-electron chi connectivity index (χ2n) is 6.28. The fourth-order valence-corrected chi connectivity index (χ4v) is 3.96. The van der Waals surface area contributed by atoms with Crippen LogP contribution in [0, 0.1) is 0 Å². The Hall–Kier alpha value is -2.21. The number of alkyl halides is 3. The molecular weight excluding hydrogens is 353 g/mol. The maximum Gasteiger partial charge on any atom is 0.417 e. The lowest BCUT2D eigenvalue weighted by Gasteiger charge is -2.21. The molecule has 0 radical (unpaired) electrons. The summed E-state index contributed by atoms with van der Waals surface area (Å²) in [5, 5.41) is 5.82. The van der Waals surface area contributed by atoms with Crippen molar-refractivity contribution >= 4 is 23.2 Å². The fraction of sp³-hybridized carbons (Fsp3) is 0.278. The topological polar surface area (TPSA) is 41.1 Å². The van der Waals surface area contributed by atoms with Crippen molar-refractivity contribution in [2.24, 2.45) is 0 Å². The molecule has 0 aliphatic carbocycles.